The van der Waals surface area contributed by atoms with Crippen LogP contribution < -0.4 is 10.6 Å². The number of nitrogens with zero attached hydrogens (tertiary/aromatic N) is 1. The molecule has 1 aromatic carbocycles. The number of halogens is 1. The van der Waals surface area contributed by atoms with Crippen LogP contribution in [0.5, 0.6) is 0 Å². The highest BCUT2D eigenvalue weighted by Crippen LogP contribution is 2.33. The Labute approximate surface area is 126 Å². The van der Waals surface area contributed by atoms with Gasteiger partial charge in [-0.1, -0.05) is 31.6 Å². The minimum absolute atomic E-state index is 0.132. The Kier molecular flexibility index (Phi) is 4.97. The lowest BCUT2D eigenvalue weighted by atomic mass is 9.84. The fourth-order valence-corrected chi connectivity index (χ4v) is 3.39. The molecule has 4 heteroatoms. The van der Waals surface area contributed by atoms with Crippen molar-refractivity contribution in [3.63, 3.8) is 0 Å². The summed E-state index contributed by atoms with van der Waals surface area (Å²) in [6, 6.07) is 5.50. The number of benzene rings is 1. The second-order valence-corrected chi connectivity index (χ2v) is 6.13. The fourth-order valence-electron chi connectivity index (χ4n) is 3.19. The molecular weight excluding hydrogens is 271 g/mol. The molecule has 0 saturated heterocycles. The average Bonchev–Trinajstić information content (AvgIpc) is 2.46. The van der Waals surface area contributed by atoms with Gasteiger partial charge in [-0.3, -0.25) is 0 Å². The van der Waals surface area contributed by atoms with Gasteiger partial charge in [0.2, 0.25) is 0 Å². The highest BCUT2D eigenvalue weighted by molar-refractivity contribution is 7.80. The van der Waals surface area contributed by atoms with Gasteiger partial charge in [0.25, 0.3) is 0 Å². The van der Waals surface area contributed by atoms with Gasteiger partial charge in [0.05, 0.1) is 5.56 Å². The smallest absolute Gasteiger partial charge is 0.135 e. The number of rotatable bonds is 4. The van der Waals surface area contributed by atoms with Crippen molar-refractivity contribution in [2.45, 2.75) is 45.1 Å². The highest BCUT2D eigenvalue weighted by atomic mass is 32.1. The standard InChI is InChI=1S/C16H23FN2S/c1-3-11-7-9-12(10-8-11)19(2)14-6-4-5-13(17)15(14)16(18)20/h4-6,11-12H,3,7-10H2,1-2H3,(H2,18,20). The molecule has 0 spiro atoms. The molecule has 0 amide bonds. The Balaban J connectivity index is 2.20. The van der Waals surface area contributed by atoms with Gasteiger partial charge in [0, 0.05) is 18.8 Å². The molecule has 1 saturated carbocycles. The summed E-state index contributed by atoms with van der Waals surface area (Å²) in [6.45, 7) is 2.26. The molecule has 1 aliphatic rings. The molecule has 2 N–H and O–H groups in total. The van der Waals surface area contributed by atoms with Gasteiger partial charge in [-0.2, -0.15) is 0 Å². The topological polar surface area (TPSA) is 29.3 Å². The van der Waals surface area contributed by atoms with Gasteiger partial charge in [-0.15, -0.1) is 0 Å². The summed E-state index contributed by atoms with van der Waals surface area (Å²) < 4.78 is 14.0. The Hall–Kier alpha value is -1.16. The first-order valence-electron chi connectivity index (χ1n) is 7.35. The van der Waals surface area contributed by atoms with Crippen LogP contribution in [0.3, 0.4) is 0 Å². The quantitative estimate of drug-likeness (QED) is 0.855. The first kappa shape index (κ1) is 15.2. The van der Waals surface area contributed by atoms with Gasteiger partial charge in [0.15, 0.2) is 0 Å². The first-order chi connectivity index (χ1) is 9.54. The Morgan fingerprint density at radius 3 is 2.55 bits per heavy atom. The molecule has 20 heavy (non-hydrogen) atoms. The second kappa shape index (κ2) is 6.53. The molecule has 0 unspecified atom stereocenters. The van der Waals surface area contributed by atoms with Gasteiger partial charge in [-0.25, -0.2) is 4.39 Å². The predicted molar refractivity (Wildman–Crippen MR) is 86.7 cm³/mol. The Bertz CT molecular complexity index is 481. The van der Waals surface area contributed by atoms with Crippen molar-refractivity contribution in [3.8, 4) is 0 Å². The maximum absolute atomic E-state index is 14.0. The van der Waals surface area contributed by atoms with E-state index in [0.717, 1.165) is 24.4 Å². The van der Waals surface area contributed by atoms with Crippen LogP contribution in [0, 0.1) is 11.7 Å². The van der Waals surface area contributed by atoms with E-state index in [-0.39, 0.29) is 10.8 Å². The zero-order valence-corrected chi connectivity index (χ0v) is 13.0. The Morgan fingerprint density at radius 1 is 1.35 bits per heavy atom. The van der Waals surface area contributed by atoms with Crippen LogP contribution >= 0.6 is 12.2 Å². The number of nitrogens with two attached hydrogens (primary N) is 1. The molecule has 1 fully saturated rings. The van der Waals surface area contributed by atoms with Crippen LogP contribution in [-0.4, -0.2) is 18.1 Å². The van der Waals surface area contributed by atoms with E-state index in [4.69, 9.17) is 18.0 Å². The van der Waals surface area contributed by atoms with Crippen LogP contribution in [0.4, 0.5) is 10.1 Å². The lowest BCUT2D eigenvalue weighted by Crippen LogP contribution is -2.36. The lowest BCUT2D eigenvalue weighted by molar-refractivity contribution is 0.313. The molecule has 0 bridgehead atoms. The third kappa shape index (κ3) is 3.11. The summed E-state index contributed by atoms with van der Waals surface area (Å²) in [5.41, 5.74) is 6.89. The monoisotopic (exact) mass is 294 g/mol. The van der Waals surface area contributed by atoms with Crippen LogP contribution in [0.1, 0.15) is 44.6 Å². The number of thiocarbonyl (C=S) groups is 1. The SMILES string of the molecule is CCC1CCC(N(C)c2cccc(F)c2C(N)=S)CC1. The number of anilines is 1. The van der Waals surface area contributed by atoms with Crippen LogP contribution in [0.2, 0.25) is 0 Å². The molecule has 2 nitrogen and oxygen atoms in total. The molecule has 0 atom stereocenters. The first-order valence-corrected chi connectivity index (χ1v) is 7.76. The predicted octanol–water partition coefficient (Wildman–Crippen LogP) is 3.86. The van der Waals surface area contributed by atoms with E-state index in [2.05, 4.69) is 11.8 Å². The molecule has 2 rings (SSSR count). The van der Waals surface area contributed by atoms with Gasteiger partial charge in [0.1, 0.15) is 10.8 Å². The third-order valence-corrected chi connectivity index (χ3v) is 4.76. The Morgan fingerprint density at radius 2 is 2.00 bits per heavy atom. The van der Waals surface area contributed by atoms with E-state index < -0.39 is 0 Å². The zero-order valence-electron chi connectivity index (χ0n) is 12.2. The lowest BCUT2D eigenvalue weighted by Gasteiger charge is -2.36. The summed E-state index contributed by atoms with van der Waals surface area (Å²) in [4.78, 5) is 2.29. The highest BCUT2D eigenvalue weighted by Gasteiger charge is 2.25. The van der Waals surface area contributed by atoms with E-state index in [1.54, 1.807) is 6.07 Å². The van der Waals surface area contributed by atoms with E-state index in [9.17, 15) is 4.39 Å². The summed E-state index contributed by atoms with van der Waals surface area (Å²) in [7, 11) is 2.02. The fraction of sp³-hybridized carbons (Fsp3) is 0.562. The van der Waals surface area contributed by atoms with Gasteiger partial charge < -0.3 is 10.6 Å². The summed E-state index contributed by atoms with van der Waals surface area (Å²) in [5, 5.41) is 0. The number of hydrogen-bond acceptors (Lipinski definition) is 2. The third-order valence-electron chi connectivity index (χ3n) is 4.56. The van der Waals surface area contributed by atoms with Crippen molar-refractivity contribution in [3.05, 3.63) is 29.6 Å². The van der Waals surface area contributed by atoms with Crippen molar-refractivity contribution >= 4 is 22.9 Å². The average molecular weight is 294 g/mol. The van der Waals surface area contributed by atoms with Crippen molar-refractivity contribution in [1.82, 2.24) is 0 Å². The van der Waals surface area contributed by atoms with E-state index in [1.807, 2.05) is 13.1 Å². The summed E-state index contributed by atoms with van der Waals surface area (Å²) in [6.07, 6.45) is 6.07. The molecule has 0 aliphatic heterocycles. The molecule has 0 aromatic heterocycles. The van der Waals surface area contributed by atoms with Gasteiger partial charge in [-0.05, 0) is 43.7 Å². The van der Waals surface area contributed by atoms with Crippen molar-refractivity contribution in [2.75, 3.05) is 11.9 Å². The van der Waals surface area contributed by atoms with E-state index in [0.29, 0.717) is 11.6 Å². The summed E-state index contributed by atoms with van der Waals surface area (Å²) in [5.74, 6) is 0.520. The zero-order chi connectivity index (χ0) is 14.7. The van der Waals surface area contributed by atoms with Crippen molar-refractivity contribution in [1.29, 1.82) is 0 Å². The molecule has 0 heterocycles. The number of hydrogen-bond donors (Lipinski definition) is 1. The maximum Gasteiger partial charge on any atom is 0.135 e. The minimum atomic E-state index is -0.330. The van der Waals surface area contributed by atoms with Crippen molar-refractivity contribution in [2.24, 2.45) is 11.7 Å². The van der Waals surface area contributed by atoms with Crippen LogP contribution in [-0.2, 0) is 0 Å². The normalized spacial score (nSPS) is 22.6. The van der Waals surface area contributed by atoms with Gasteiger partial charge >= 0.3 is 0 Å². The summed E-state index contributed by atoms with van der Waals surface area (Å²) >= 11 is 5.01. The molecule has 1 aliphatic carbocycles. The van der Waals surface area contributed by atoms with E-state index in [1.165, 1.54) is 25.3 Å². The van der Waals surface area contributed by atoms with E-state index >= 15 is 0 Å². The largest absolute Gasteiger partial charge is 0.389 e. The maximum atomic E-state index is 14.0. The minimum Gasteiger partial charge on any atom is -0.389 e. The van der Waals surface area contributed by atoms with Crippen LogP contribution in [0.15, 0.2) is 18.2 Å². The van der Waals surface area contributed by atoms with Crippen LogP contribution in [0.25, 0.3) is 0 Å². The molecule has 0 radical (unpaired) electrons. The molecule has 110 valence electrons. The molecule has 1 aromatic rings. The second-order valence-electron chi connectivity index (χ2n) is 5.69. The van der Waals surface area contributed by atoms with Crippen molar-refractivity contribution < 1.29 is 4.39 Å². The molecular formula is C16H23FN2S.